The topological polar surface area (TPSA) is 57.9 Å². The van der Waals surface area contributed by atoms with E-state index < -0.39 is 0 Å². The maximum atomic E-state index is 4.82. The van der Waals surface area contributed by atoms with Crippen LogP contribution in [0, 0.1) is 0 Å². The zero-order chi connectivity index (χ0) is 32.2. The van der Waals surface area contributed by atoms with Crippen LogP contribution in [-0.2, 0) is 32.5 Å². The summed E-state index contributed by atoms with van der Waals surface area (Å²) in [5.74, 6) is 0.979. The van der Waals surface area contributed by atoms with Crippen LogP contribution in [0.5, 0.6) is 0 Å². The van der Waals surface area contributed by atoms with Crippen LogP contribution >= 0.6 is 0 Å². The Balaban J connectivity index is 1.04. The first-order valence-corrected chi connectivity index (χ1v) is 17.3. The molecule has 4 aromatic carbocycles. The van der Waals surface area contributed by atoms with Gasteiger partial charge >= 0.3 is 0 Å². The van der Waals surface area contributed by atoms with E-state index >= 15 is 0 Å². The highest BCUT2D eigenvalue weighted by molar-refractivity contribution is 5.87. The normalized spacial score (nSPS) is 18.0. The summed E-state index contributed by atoms with van der Waals surface area (Å²) in [5.41, 5.74) is 12.1. The number of anilines is 1. The fraction of sp³-hybridized carbons (Fsp3) is 0.268. The maximum Gasteiger partial charge on any atom is 0.176 e. The minimum atomic E-state index is 0.160. The molecule has 2 atom stereocenters. The van der Waals surface area contributed by atoms with E-state index in [0.29, 0.717) is 0 Å². The van der Waals surface area contributed by atoms with Crippen molar-refractivity contribution in [2.24, 2.45) is 0 Å². The third-order valence-electron chi connectivity index (χ3n) is 10.9. The van der Waals surface area contributed by atoms with Crippen LogP contribution < -0.4 is 4.90 Å². The van der Waals surface area contributed by atoms with Gasteiger partial charge in [-0.2, -0.15) is 10.3 Å². The third kappa shape index (κ3) is 4.75. The first-order chi connectivity index (χ1) is 23.7. The van der Waals surface area contributed by atoms with E-state index in [-0.39, 0.29) is 12.1 Å². The van der Waals surface area contributed by atoms with Crippen LogP contribution in [0.3, 0.4) is 0 Å². The molecular formula is C41H41N7. The number of nitrogens with zero attached hydrogens (tertiary/aromatic N) is 6. The van der Waals surface area contributed by atoms with Crippen LogP contribution in [-0.4, -0.2) is 42.5 Å². The molecule has 2 unspecified atom stereocenters. The fourth-order valence-corrected chi connectivity index (χ4v) is 8.62. The number of aromatic amines is 1. The van der Waals surface area contributed by atoms with E-state index in [4.69, 9.17) is 10.2 Å². The van der Waals surface area contributed by atoms with Gasteiger partial charge < -0.3 is 14.0 Å². The minimum Gasteiger partial charge on any atom is -0.345 e. The van der Waals surface area contributed by atoms with Crippen molar-refractivity contribution in [3.05, 3.63) is 149 Å². The summed E-state index contributed by atoms with van der Waals surface area (Å²) >= 11 is 0. The number of nitrogens with one attached hydrogen (secondary N) is 1. The van der Waals surface area contributed by atoms with E-state index in [1.165, 1.54) is 55.4 Å². The van der Waals surface area contributed by atoms with Gasteiger partial charge in [0.2, 0.25) is 0 Å². The Morgan fingerprint density at radius 3 is 1.71 bits per heavy atom. The molecule has 2 aliphatic rings. The molecule has 0 bridgehead atoms. The van der Waals surface area contributed by atoms with Crippen molar-refractivity contribution in [3.63, 3.8) is 0 Å². The van der Waals surface area contributed by atoms with Crippen molar-refractivity contribution in [3.8, 4) is 0 Å². The van der Waals surface area contributed by atoms with Gasteiger partial charge in [0.1, 0.15) is 5.69 Å². The van der Waals surface area contributed by atoms with Crippen LogP contribution in [0.25, 0.3) is 21.8 Å². The number of hydrogen-bond acceptors (Lipinski definition) is 4. The van der Waals surface area contributed by atoms with Crippen molar-refractivity contribution in [2.75, 3.05) is 18.0 Å². The molecule has 0 amide bonds. The molecule has 48 heavy (non-hydrogen) atoms. The van der Waals surface area contributed by atoms with Gasteiger partial charge in [-0.25, -0.2) is 0 Å². The Morgan fingerprint density at radius 1 is 0.583 bits per heavy atom. The number of benzene rings is 4. The van der Waals surface area contributed by atoms with E-state index in [1.54, 1.807) is 0 Å². The quantitative estimate of drug-likeness (QED) is 0.193. The second-order valence-electron chi connectivity index (χ2n) is 13.5. The van der Waals surface area contributed by atoms with Crippen LogP contribution in [0.15, 0.2) is 109 Å². The monoisotopic (exact) mass is 631 g/mol. The Kier molecular flexibility index (Phi) is 7.16. The van der Waals surface area contributed by atoms with E-state index in [1.807, 2.05) is 0 Å². The molecule has 3 aromatic heterocycles. The molecule has 2 aliphatic heterocycles. The second kappa shape index (κ2) is 11.8. The third-order valence-corrected chi connectivity index (χ3v) is 10.9. The molecule has 0 radical (unpaired) electrons. The highest BCUT2D eigenvalue weighted by atomic mass is 15.4. The summed E-state index contributed by atoms with van der Waals surface area (Å²) < 4.78 is 5.09. The van der Waals surface area contributed by atoms with Gasteiger partial charge in [0.05, 0.1) is 6.04 Å². The first kappa shape index (κ1) is 29.0. The predicted octanol–water partition coefficient (Wildman–Crippen LogP) is 8.05. The van der Waals surface area contributed by atoms with Crippen molar-refractivity contribution in [1.29, 1.82) is 0 Å². The average Bonchev–Trinajstić information content (AvgIpc) is 3.81. The second-order valence-corrected chi connectivity index (χ2v) is 13.5. The largest absolute Gasteiger partial charge is 0.345 e. The van der Waals surface area contributed by atoms with Crippen LogP contribution in [0.2, 0.25) is 0 Å². The Labute approximate surface area is 281 Å². The predicted molar refractivity (Wildman–Crippen MR) is 193 cm³/mol. The average molecular weight is 632 g/mol. The van der Waals surface area contributed by atoms with Gasteiger partial charge in [0.25, 0.3) is 0 Å². The van der Waals surface area contributed by atoms with Crippen molar-refractivity contribution in [2.45, 2.75) is 58.4 Å². The van der Waals surface area contributed by atoms with E-state index in [2.05, 4.69) is 147 Å². The SMILES string of the molecule is CC1c2c(c3ccccc3n2Cc2ccccc2)CCN1Cc1n[nH]nc1N1CCc2c(n(Cc3ccccc3)c3ccccc23)C1C. The molecule has 0 aliphatic carbocycles. The summed E-state index contributed by atoms with van der Waals surface area (Å²) in [6, 6.07) is 39.9. The highest BCUT2D eigenvalue weighted by Crippen LogP contribution is 2.41. The Hall–Kier alpha value is -5.14. The molecule has 0 saturated carbocycles. The van der Waals surface area contributed by atoms with Crippen LogP contribution in [0.4, 0.5) is 5.82 Å². The molecule has 7 heteroatoms. The zero-order valence-electron chi connectivity index (χ0n) is 27.7. The van der Waals surface area contributed by atoms with Gasteiger partial charge in [-0.1, -0.05) is 97.1 Å². The number of hydrogen-bond donors (Lipinski definition) is 1. The molecule has 0 saturated heterocycles. The molecule has 0 spiro atoms. The fourth-order valence-electron chi connectivity index (χ4n) is 8.62. The maximum absolute atomic E-state index is 4.82. The number of aromatic nitrogens is 5. The van der Waals surface area contributed by atoms with Gasteiger partial charge in [0.15, 0.2) is 5.82 Å². The van der Waals surface area contributed by atoms with Gasteiger partial charge in [-0.05, 0) is 61.1 Å². The lowest BCUT2D eigenvalue weighted by Gasteiger charge is -2.37. The lowest BCUT2D eigenvalue weighted by Crippen LogP contribution is -2.38. The lowest BCUT2D eigenvalue weighted by molar-refractivity contribution is 0.181. The molecule has 7 aromatic rings. The van der Waals surface area contributed by atoms with Crippen molar-refractivity contribution >= 4 is 27.6 Å². The standard InChI is InChI=1S/C41H41N7/c1-28-39-34(32-17-9-11-19-37(32)47(39)25-30-13-5-3-6-14-30)21-23-45(28)27-36-41(43-44-42-36)46-24-22-35-33-18-10-12-20-38(33)48(40(35)29(46)2)26-31-15-7-4-8-16-31/h3-20,28-29H,21-27H2,1-2H3,(H,42,43,44). The van der Waals surface area contributed by atoms with Gasteiger partial charge in [0, 0.05) is 72.0 Å². The summed E-state index contributed by atoms with van der Waals surface area (Å²) in [5, 5.41) is 15.4. The minimum absolute atomic E-state index is 0.160. The smallest absolute Gasteiger partial charge is 0.176 e. The molecule has 9 rings (SSSR count). The Morgan fingerprint density at radius 2 is 1.10 bits per heavy atom. The first-order valence-electron chi connectivity index (χ1n) is 17.3. The molecule has 5 heterocycles. The number of rotatable bonds is 7. The summed E-state index contributed by atoms with van der Waals surface area (Å²) in [7, 11) is 0. The van der Waals surface area contributed by atoms with E-state index in [9.17, 15) is 0 Å². The summed E-state index contributed by atoms with van der Waals surface area (Å²) in [4.78, 5) is 5.07. The number of fused-ring (bicyclic) bond motifs is 6. The zero-order valence-corrected chi connectivity index (χ0v) is 27.7. The lowest BCUT2D eigenvalue weighted by atomic mass is 9.97. The Bertz CT molecular complexity index is 2230. The highest BCUT2D eigenvalue weighted by Gasteiger charge is 2.35. The van der Waals surface area contributed by atoms with Gasteiger partial charge in [-0.15, -0.1) is 5.10 Å². The summed E-state index contributed by atoms with van der Waals surface area (Å²) in [6.45, 7) is 9.09. The molecule has 0 fully saturated rings. The summed E-state index contributed by atoms with van der Waals surface area (Å²) in [6.07, 6.45) is 2.01. The molecule has 1 N–H and O–H groups in total. The van der Waals surface area contributed by atoms with Crippen molar-refractivity contribution in [1.82, 2.24) is 29.4 Å². The molecule has 240 valence electrons. The molecule has 7 nitrogen and oxygen atoms in total. The van der Waals surface area contributed by atoms with Crippen LogP contribution in [0.1, 0.15) is 65.3 Å². The number of H-pyrrole nitrogens is 1. The van der Waals surface area contributed by atoms with Crippen molar-refractivity contribution < 1.29 is 0 Å². The number of para-hydroxylation sites is 2. The van der Waals surface area contributed by atoms with E-state index in [0.717, 1.165) is 57.1 Å². The molecular weight excluding hydrogens is 591 g/mol. The van der Waals surface area contributed by atoms with Gasteiger partial charge in [-0.3, -0.25) is 4.90 Å².